The van der Waals surface area contributed by atoms with E-state index in [1.807, 2.05) is 0 Å². The summed E-state index contributed by atoms with van der Waals surface area (Å²) >= 11 is 7.27. The van der Waals surface area contributed by atoms with Gasteiger partial charge in [-0.15, -0.1) is 0 Å². The summed E-state index contributed by atoms with van der Waals surface area (Å²) in [5.41, 5.74) is 4.74. The third-order valence-electron chi connectivity index (χ3n) is 1.36. The van der Waals surface area contributed by atoms with Crippen LogP contribution in [0, 0.1) is 17.5 Å². The van der Waals surface area contributed by atoms with Gasteiger partial charge >= 0.3 is 0 Å². The fraction of sp³-hybridized carbons (Fsp3) is 0. The standard InChI is InChI=1S/C7H4BrF3N2S/c8-2-1-3(9)4(10)5(11)6(2)13-7(12)14/h1H,(H3,12,13,14). The van der Waals surface area contributed by atoms with E-state index in [2.05, 4.69) is 33.5 Å². The second-order valence-corrected chi connectivity index (χ2v) is 3.63. The van der Waals surface area contributed by atoms with Crippen molar-refractivity contribution >= 4 is 38.9 Å². The summed E-state index contributed by atoms with van der Waals surface area (Å²) in [4.78, 5) is 0. The van der Waals surface area contributed by atoms with Crippen molar-refractivity contribution in [2.45, 2.75) is 0 Å². The lowest BCUT2D eigenvalue weighted by atomic mass is 10.3. The van der Waals surface area contributed by atoms with Crippen molar-refractivity contribution in [2.75, 3.05) is 5.32 Å². The van der Waals surface area contributed by atoms with Crippen LogP contribution >= 0.6 is 28.1 Å². The third-order valence-corrected chi connectivity index (χ3v) is 2.09. The molecule has 0 amide bonds. The second kappa shape index (κ2) is 4.14. The van der Waals surface area contributed by atoms with Gasteiger partial charge in [-0.25, -0.2) is 13.2 Å². The molecule has 1 aromatic rings. The first-order valence-corrected chi connectivity index (χ1v) is 4.53. The van der Waals surface area contributed by atoms with Gasteiger partial charge in [-0.3, -0.25) is 0 Å². The molecule has 7 heteroatoms. The molecule has 0 aromatic heterocycles. The molecule has 0 saturated carbocycles. The number of rotatable bonds is 1. The van der Waals surface area contributed by atoms with Crippen molar-refractivity contribution in [3.63, 3.8) is 0 Å². The Kier molecular flexibility index (Phi) is 3.33. The minimum atomic E-state index is -1.58. The lowest BCUT2D eigenvalue weighted by Crippen LogP contribution is -2.20. The van der Waals surface area contributed by atoms with Crippen LogP contribution in [0.15, 0.2) is 10.5 Å². The fourth-order valence-electron chi connectivity index (χ4n) is 0.804. The Hall–Kier alpha value is -0.820. The van der Waals surface area contributed by atoms with Crippen molar-refractivity contribution in [3.8, 4) is 0 Å². The maximum atomic E-state index is 13.1. The van der Waals surface area contributed by atoms with Crippen LogP contribution in [0.1, 0.15) is 0 Å². The summed E-state index contributed by atoms with van der Waals surface area (Å²) in [7, 11) is 0. The number of nitrogens with two attached hydrogens (primary N) is 1. The number of hydrogen-bond donors (Lipinski definition) is 2. The molecule has 0 fully saturated rings. The molecule has 0 heterocycles. The summed E-state index contributed by atoms with van der Waals surface area (Å²) in [6.45, 7) is 0. The van der Waals surface area contributed by atoms with E-state index in [-0.39, 0.29) is 15.3 Å². The summed E-state index contributed by atoms with van der Waals surface area (Å²) in [6.07, 6.45) is 0. The number of anilines is 1. The van der Waals surface area contributed by atoms with Gasteiger partial charge in [-0.1, -0.05) is 0 Å². The van der Waals surface area contributed by atoms with Gasteiger partial charge in [-0.2, -0.15) is 0 Å². The molecule has 0 bridgehead atoms. The number of benzene rings is 1. The number of nitrogens with one attached hydrogen (secondary N) is 1. The Bertz CT molecular complexity index is 397. The van der Waals surface area contributed by atoms with E-state index in [1.165, 1.54) is 0 Å². The highest BCUT2D eigenvalue weighted by Gasteiger charge is 2.17. The highest BCUT2D eigenvalue weighted by molar-refractivity contribution is 9.10. The maximum absolute atomic E-state index is 13.1. The van der Waals surface area contributed by atoms with E-state index >= 15 is 0 Å². The summed E-state index contributed by atoms with van der Waals surface area (Å²) in [6, 6.07) is 0.777. The van der Waals surface area contributed by atoms with E-state index in [0.29, 0.717) is 0 Å². The lowest BCUT2D eigenvalue weighted by Gasteiger charge is -2.08. The molecule has 0 atom stereocenters. The Morgan fingerprint density at radius 3 is 2.43 bits per heavy atom. The zero-order valence-corrected chi connectivity index (χ0v) is 8.98. The molecule has 0 spiro atoms. The molecule has 0 aliphatic rings. The monoisotopic (exact) mass is 284 g/mol. The molecule has 14 heavy (non-hydrogen) atoms. The van der Waals surface area contributed by atoms with E-state index in [0.717, 1.165) is 6.07 Å². The predicted octanol–water partition coefficient (Wildman–Crippen LogP) is 2.52. The molecule has 2 nitrogen and oxygen atoms in total. The van der Waals surface area contributed by atoms with Gasteiger partial charge < -0.3 is 11.1 Å². The molecule has 0 unspecified atom stereocenters. The van der Waals surface area contributed by atoms with Gasteiger partial charge in [0.15, 0.2) is 22.6 Å². The first-order chi connectivity index (χ1) is 6.43. The van der Waals surface area contributed by atoms with E-state index in [1.54, 1.807) is 0 Å². The van der Waals surface area contributed by atoms with E-state index in [9.17, 15) is 13.2 Å². The van der Waals surface area contributed by atoms with Gasteiger partial charge in [0.05, 0.1) is 5.69 Å². The number of hydrogen-bond acceptors (Lipinski definition) is 1. The number of halogens is 4. The molecule has 76 valence electrons. The first kappa shape index (κ1) is 11.3. The molecule has 0 aliphatic carbocycles. The molecule has 0 saturated heterocycles. The van der Waals surface area contributed by atoms with Gasteiger partial charge in [-0.05, 0) is 34.2 Å². The maximum Gasteiger partial charge on any atom is 0.196 e. The minimum absolute atomic E-state index is 0.00157. The summed E-state index contributed by atoms with van der Waals surface area (Å²) in [5.74, 6) is -4.24. The fourth-order valence-corrected chi connectivity index (χ4v) is 1.38. The van der Waals surface area contributed by atoms with Gasteiger partial charge in [0.1, 0.15) is 0 Å². The average molecular weight is 285 g/mol. The van der Waals surface area contributed by atoms with E-state index in [4.69, 9.17) is 5.73 Å². The van der Waals surface area contributed by atoms with Crippen molar-refractivity contribution in [1.29, 1.82) is 0 Å². The van der Waals surface area contributed by atoms with E-state index < -0.39 is 17.5 Å². The van der Waals surface area contributed by atoms with Crippen LogP contribution in [0.3, 0.4) is 0 Å². The van der Waals surface area contributed by atoms with Gasteiger partial charge in [0, 0.05) is 4.47 Å². The Balaban J connectivity index is 3.29. The van der Waals surface area contributed by atoms with Gasteiger partial charge in [0.25, 0.3) is 0 Å². The first-order valence-electron chi connectivity index (χ1n) is 3.33. The molecule has 0 radical (unpaired) electrons. The molecular weight excluding hydrogens is 281 g/mol. The SMILES string of the molecule is NC(=S)Nc1c(Br)cc(F)c(F)c1F. The van der Waals surface area contributed by atoms with Crippen LogP contribution in [-0.4, -0.2) is 5.11 Å². The summed E-state index contributed by atoms with van der Waals surface area (Å²) in [5, 5.41) is 1.95. The van der Waals surface area contributed by atoms with Crippen molar-refractivity contribution < 1.29 is 13.2 Å². The average Bonchev–Trinajstić information content (AvgIpc) is 2.09. The van der Waals surface area contributed by atoms with Crippen LogP contribution in [-0.2, 0) is 0 Å². The highest BCUT2D eigenvalue weighted by atomic mass is 79.9. The third kappa shape index (κ3) is 2.16. The largest absolute Gasteiger partial charge is 0.376 e. The second-order valence-electron chi connectivity index (χ2n) is 2.33. The smallest absolute Gasteiger partial charge is 0.196 e. The van der Waals surface area contributed by atoms with Crippen molar-refractivity contribution in [3.05, 3.63) is 28.0 Å². The van der Waals surface area contributed by atoms with Crippen LogP contribution in [0.25, 0.3) is 0 Å². The molecule has 1 aromatic carbocycles. The van der Waals surface area contributed by atoms with Crippen LogP contribution < -0.4 is 11.1 Å². The van der Waals surface area contributed by atoms with Crippen LogP contribution in [0.5, 0.6) is 0 Å². The number of thiocarbonyl (C=S) groups is 1. The minimum Gasteiger partial charge on any atom is -0.376 e. The van der Waals surface area contributed by atoms with Crippen molar-refractivity contribution in [2.24, 2.45) is 5.73 Å². The molecule has 3 N–H and O–H groups in total. The predicted molar refractivity (Wildman–Crippen MR) is 54.4 cm³/mol. The van der Waals surface area contributed by atoms with Gasteiger partial charge in [0.2, 0.25) is 0 Å². The van der Waals surface area contributed by atoms with Crippen LogP contribution in [0.2, 0.25) is 0 Å². The van der Waals surface area contributed by atoms with Crippen LogP contribution in [0.4, 0.5) is 18.9 Å². The topological polar surface area (TPSA) is 38.0 Å². The zero-order chi connectivity index (χ0) is 10.9. The summed E-state index contributed by atoms with van der Waals surface area (Å²) < 4.78 is 38.4. The lowest BCUT2D eigenvalue weighted by molar-refractivity contribution is 0.448. The normalized spacial score (nSPS) is 10.0. The quantitative estimate of drug-likeness (QED) is 0.473. The molecule has 0 aliphatic heterocycles. The highest BCUT2D eigenvalue weighted by Crippen LogP contribution is 2.29. The molecule has 1 rings (SSSR count). The Labute approximate surface area is 91.4 Å². The Morgan fingerprint density at radius 2 is 1.93 bits per heavy atom. The van der Waals surface area contributed by atoms with Crippen molar-refractivity contribution in [1.82, 2.24) is 0 Å². The molecular formula is C7H4BrF3N2S. The Morgan fingerprint density at radius 1 is 1.36 bits per heavy atom. The zero-order valence-electron chi connectivity index (χ0n) is 6.57.